The van der Waals surface area contributed by atoms with E-state index in [0.29, 0.717) is 12.1 Å². The van der Waals surface area contributed by atoms with Crippen molar-refractivity contribution >= 4 is 11.4 Å². The van der Waals surface area contributed by atoms with Gasteiger partial charge in [0.25, 0.3) is 0 Å². The molecule has 1 aromatic carbocycles. The first-order chi connectivity index (χ1) is 10.3. The van der Waals surface area contributed by atoms with Crippen LogP contribution in [0.15, 0.2) is 18.2 Å². The van der Waals surface area contributed by atoms with Gasteiger partial charge in [0, 0.05) is 49.8 Å². The van der Waals surface area contributed by atoms with Crippen molar-refractivity contribution in [1.29, 1.82) is 0 Å². The summed E-state index contributed by atoms with van der Waals surface area (Å²) in [4.78, 5) is 2.42. The van der Waals surface area contributed by atoms with Crippen molar-refractivity contribution in [2.24, 2.45) is 0 Å². The normalized spacial score (nSPS) is 21.2. The first kappa shape index (κ1) is 14.7. The van der Waals surface area contributed by atoms with E-state index in [-0.39, 0.29) is 0 Å². The van der Waals surface area contributed by atoms with Crippen molar-refractivity contribution < 1.29 is 4.74 Å². The summed E-state index contributed by atoms with van der Waals surface area (Å²) < 4.78 is 5.41. The Morgan fingerprint density at radius 3 is 2.76 bits per heavy atom. The van der Waals surface area contributed by atoms with Crippen LogP contribution in [0.1, 0.15) is 25.7 Å². The number of ether oxygens (including phenoxy) is 1. The third-order valence-electron chi connectivity index (χ3n) is 4.63. The van der Waals surface area contributed by atoms with E-state index in [9.17, 15) is 0 Å². The Morgan fingerprint density at radius 2 is 2.00 bits per heavy atom. The minimum atomic E-state index is 0.523. The SMILES string of the molecule is CN(c1cc[c]c(NC2CCOCC2)c1)C1CCNCC1. The third-order valence-corrected chi connectivity index (χ3v) is 4.63. The highest BCUT2D eigenvalue weighted by Crippen LogP contribution is 2.24. The number of piperidine rings is 1. The van der Waals surface area contributed by atoms with E-state index in [1.165, 1.54) is 18.5 Å². The van der Waals surface area contributed by atoms with Crippen molar-refractivity contribution in [3.05, 3.63) is 24.3 Å². The van der Waals surface area contributed by atoms with Crippen molar-refractivity contribution in [1.82, 2.24) is 5.32 Å². The van der Waals surface area contributed by atoms with Crippen LogP contribution in [0, 0.1) is 6.07 Å². The van der Waals surface area contributed by atoms with Gasteiger partial charge in [-0.05, 0) is 50.9 Å². The van der Waals surface area contributed by atoms with Crippen LogP contribution in [0.25, 0.3) is 0 Å². The lowest BCUT2D eigenvalue weighted by atomic mass is 10.0. The molecule has 4 nitrogen and oxygen atoms in total. The molecule has 0 aliphatic carbocycles. The van der Waals surface area contributed by atoms with E-state index in [2.05, 4.69) is 40.8 Å². The maximum atomic E-state index is 5.41. The van der Waals surface area contributed by atoms with Crippen LogP contribution in [0.4, 0.5) is 11.4 Å². The molecule has 0 atom stereocenters. The average molecular weight is 288 g/mol. The fourth-order valence-corrected chi connectivity index (χ4v) is 3.22. The molecule has 2 aliphatic rings. The summed E-state index contributed by atoms with van der Waals surface area (Å²) in [6, 6.07) is 10.9. The zero-order chi connectivity index (χ0) is 14.5. The molecule has 0 aromatic heterocycles. The number of hydrogen-bond acceptors (Lipinski definition) is 4. The van der Waals surface area contributed by atoms with Gasteiger partial charge < -0.3 is 20.3 Å². The third kappa shape index (κ3) is 3.89. The van der Waals surface area contributed by atoms with Gasteiger partial charge in [-0.15, -0.1) is 0 Å². The molecule has 2 fully saturated rings. The first-order valence-electron chi connectivity index (χ1n) is 8.12. The quantitative estimate of drug-likeness (QED) is 0.891. The predicted octanol–water partition coefficient (Wildman–Crippen LogP) is 2.27. The number of anilines is 2. The maximum absolute atomic E-state index is 5.41. The highest BCUT2D eigenvalue weighted by Gasteiger charge is 2.19. The van der Waals surface area contributed by atoms with E-state index < -0.39 is 0 Å². The molecule has 4 heteroatoms. The summed E-state index contributed by atoms with van der Waals surface area (Å²) in [7, 11) is 2.21. The molecule has 0 unspecified atom stereocenters. The molecule has 2 N–H and O–H groups in total. The van der Waals surface area contributed by atoms with E-state index in [1.807, 2.05) is 6.07 Å². The molecule has 1 aromatic rings. The van der Waals surface area contributed by atoms with E-state index in [1.54, 1.807) is 0 Å². The molecule has 21 heavy (non-hydrogen) atoms. The van der Waals surface area contributed by atoms with Gasteiger partial charge in [-0.25, -0.2) is 0 Å². The van der Waals surface area contributed by atoms with Gasteiger partial charge in [-0.2, -0.15) is 0 Å². The number of hydrogen-bond donors (Lipinski definition) is 2. The highest BCUT2D eigenvalue weighted by molar-refractivity contribution is 5.58. The van der Waals surface area contributed by atoms with Gasteiger partial charge in [-0.1, -0.05) is 6.07 Å². The van der Waals surface area contributed by atoms with Crippen LogP contribution < -0.4 is 15.5 Å². The molecular weight excluding hydrogens is 262 g/mol. The van der Waals surface area contributed by atoms with Gasteiger partial charge in [0.1, 0.15) is 0 Å². The van der Waals surface area contributed by atoms with Crippen LogP contribution in [-0.4, -0.2) is 45.4 Å². The van der Waals surface area contributed by atoms with Crippen LogP contribution in [0.2, 0.25) is 0 Å². The van der Waals surface area contributed by atoms with Gasteiger partial charge in [0.15, 0.2) is 0 Å². The molecular formula is C17H26N3O. The maximum Gasteiger partial charge on any atom is 0.0485 e. The summed E-state index contributed by atoms with van der Waals surface area (Å²) in [6.07, 6.45) is 4.61. The predicted molar refractivity (Wildman–Crippen MR) is 87.0 cm³/mol. The lowest BCUT2D eigenvalue weighted by molar-refractivity contribution is 0.0904. The van der Waals surface area contributed by atoms with Crippen LogP contribution in [0.5, 0.6) is 0 Å². The summed E-state index contributed by atoms with van der Waals surface area (Å²) in [5.74, 6) is 0. The number of nitrogens with one attached hydrogen (secondary N) is 2. The molecule has 2 heterocycles. The fourth-order valence-electron chi connectivity index (χ4n) is 3.22. The number of benzene rings is 1. The Labute approximate surface area is 127 Å². The minimum absolute atomic E-state index is 0.523. The lowest BCUT2D eigenvalue weighted by Crippen LogP contribution is -2.41. The van der Waals surface area contributed by atoms with Crippen LogP contribution in [0.3, 0.4) is 0 Å². The Balaban J connectivity index is 1.64. The van der Waals surface area contributed by atoms with E-state index >= 15 is 0 Å². The molecule has 3 rings (SSSR count). The van der Waals surface area contributed by atoms with Gasteiger partial charge in [0.05, 0.1) is 0 Å². The van der Waals surface area contributed by atoms with E-state index in [0.717, 1.165) is 44.8 Å². The summed E-state index contributed by atoms with van der Waals surface area (Å²) in [5.41, 5.74) is 2.40. The van der Waals surface area contributed by atoms with Gasteiger partial charge >= 0.3 is 0 Å². The lowest BCUT2D eigenvalue weighted by Gasteiger charge is -2.33. The molecule has 1 radical (unpaired) electrons. The van der Waals surface area contributed by atoms with Crippen LogP contribution >= 0.6 is 0 Å². The summed E-state index contributed by atoms with van der Waals surface area (Å²) in [5, 5.41) is 7.03. The molecule has 0 saturated carbocycles. The minimum Gasteiger partial charge on any atom is -0.382 e. The van der Waals surface area contributed by atoms with Crippen LogP contribution in [-0.2, 0) is 4.74 Å². The highest BCUT2D eigenvalue weighted by atomic mass is 16.5. The molecule has 0 spiro atoms. The summed E-state index contributed by atoms with van der Waals surface area (Å²) in [6.45, 7) is 3.99. The smallest absolute Gasteiger partial charge is 0.0485 e. The largest absolute Gasteiger partial charge is 0.382 e. The van der Waals surface area contributed by atoms with E-state index in [4.69, 9.17) is 4.74 Å². The molecule has 0 bridgehead atoms. The second kappa shape index (κ2) is 7.14. The summed E-state index contributed by atoms with van der Waals surface area (Å²) >= 11 is 0. The molecule has 2 saturated heterocycles. The topological polar surface area (TPSA) is 36.5 Å². The Hall–Kier alpha value is -1.26. The number of nitrogens with zero attached hydrogens (tertiary/aromatic N) is 1. The number of rotatable bonds is 4. The Kier molecular flexibility index (Phi) is 4.99. The van der Waals surface area contributed by atoms with Gasteiger partial charge in [-0.3, -0.25) is 0 Å². The Bertz CT molecular complexity index is 439. The zero-order valence-electron chi connectivity index (χ0n) is 12.9. The average Bonchev–Trinajstić information content (AvgIpc) is 2.56. The standard InChI is InChI=1S/C17H26N3O/c1-20(16-5-9-18-10-6-16)17-4-2-3-15(13-17)19-14-7-11-21-12-8-14/h2,4,13-14,16,18-19H,5-12H2,1H3. The zero-order valence-corrected chi connectivity index (χ0v) is 12.9. The monoisotopic (exact) mass is 288 g/mol. The second-order valence-electron chi connectivity index (χ2n) is 6.08. The Morgan fingerprint density at radius 1 is 1.24 bits per heavy atom. The van der Waals surface area contributed by atoms with Crippen molar-refractivity contribution in [3.63, 3.8) is 0 Å². The van der Waals surface area contributed by atoms with Crippen molar-refractivity contribution in [2.75, 3.05) is 43.6 Å². The molecule has 115 valence electrons. The molecule has 2 aliphatic heterocycles. The second-order valence-corrected chi connectivity index (χ2v) is 6.08. The molecule has 0 amide bonds. The first-order valence-corrected chi connectivity index (χ1v) is 8.12. The van der Waals surface area contributed by atoms with Gasteiger partial charge in [0.2, 0.25) is 0 Å². The van der Waals surface area contributed by atoms with Crippen molar-refractivity contribution in [2.45, 2.75) is 37.8 Å². The fraction of sp³-hybridized carbons (Fsp3) is 0.647. The van der Waals surface area contributed by atoms with Crippen molar-refractivity contribution in [3.8, 4) is 0 Å².